The molecule has 2 aromatic carbocycles. The lowest BCUT2D eigenvalue weighted by atomic mass is 9.51. The molecular weight excluding hydrogens is 398 g/mol. The highest BCUT2D eigenvalue weighted by atomic mass is 16.5. The first-order valence-corrected chi connectivity index (χ1v) is 12.5. The molecule has 0 amide bonds. The van der Waals surface area contributed by atoms with Gasteiger partial charge in [0.25, 0.3) is 0 Å². The lowest BCUT2D eigenvalue weighted by Gasteiger charge is -2.54. The van der Waals surface area contributed by atoms with Crippen LogP contribution in [0.4, 0.5) is 0 Å². The fourth-order valence-electron chi connectivity index (χ4n) is 7.39. The molecule has 2 N–H and O–H groups in total. The van der Waals surface area contributed by atoms with Crippen molar-refractivity contribution in [3.63, 3.8) is 0 Å². The molecule has 170 valence electrons. The van der Waals surface area contributed by atoms with Crippen molar-refractivity contribution in [2.24, 2.45) is 17.3 Å². The Hall–Kier alpha value is -2.04. The van der Waals surface area contributed by atoms with E-state index in [9.17, 15) is 10.2 Å². The Morgan fingerprint density at radius 3 is 2.66 bits per heavy atom. The zero-order valence-corrected chi connectivity index (χ0v) is 19.0. The van der Waals surface area contributed by atoms with Gasteiger partial charge in [-0.2, -0.15) is 0 Å². The summed E-state index contributed by atoms with van der Waals surface area (Å²) in [5.74, 6) is 3.33. The molecule has 1 saturated heterocycles. The summed E-state index contributed by atoms with van der Waals surface area (Å²) in [6, 6.07) is 14.8. The van der Waals surface area contributed by atoms with Gasteiger partial charge in [0, 0.05) is 19.6 Å². The number of aryl methyl sites for hydroxylation is 1. The maximum Gasteiger partial charge on any atom is 0.119 e. The molecule has 3 fully saturated rings. The van der Waals surface area contributed by atoms with Gasteiger partial charge in [-0.3, -0.25) is 4.90 Å². The van der Waals surface area contributed by atoms with Crippen molar-refractivity contribution in [3.05, 3.63) is 59.2 Å². The SMILES string of the molecule is C[C@]12C[C@H](c3ccc(OCCN4CC4)cc3)C3c4ccc(O)cc4CCC3C1CC[C@@H]2O. The monoisotopic (exact) mass is 433 g/mol. The molecule has 4 nitrogen and oxygen atoms in total. The number of hydrogen-bond acceptors (Lipinski definition) is 4. The first kappa shape index (κ1) is 20.6. The van der Waals surface area contributed by atoms with Gasteiger partial charge in [0.1, 0.15) is 18.1 Å². The van der Waals surface area contributed by atoms with Gasteiger partial charge in [-0.1, -0.05) is 25.1 Å². The molecule has 3 unspecified atom stereocenters. The average molecular weight is 434 g/mol. The Kier molecular flexibility index (Phi) is 5.00. The zero-order chi connectivity index (χ0) is 21.9. The topological polar surface area (TPSA) is 52.7 Å². The minimum Gasteiger partial charge on any atom is -0.508 e. The molecule has 3 aliphatic carbocycles. The van der Waals surface area contributed by atoms with E-state index in [0.29, 0.717) is 29.4 Å². The van der Waals surface area contributed by atoms with E-state index >= 15 is 0 Å². The molecule has 2 saturated carbocycles. The summed E-state index contributed by atoms with van der Waals surface area (Å²) in [5, 5.41) is 21.1. The summed E-state index contributed by atoms with van der Waals surface area (Å²) in [7, 11) is 0. The molecule has 1 heterocycles. The van der Waals surface area contributed by atoms with E-state index in [0.717, 1.165) is 51.0 Å². The van der Waals surface area contributed by atoms with Crippen molar-refractivity contribution < 1.29 is 14.9 Å². The molecule has 0 radical (unpaired) electrons. The van der Waals surface area contributed by atoms with Crippen molar-refractivity contribution in [3.8, 4) is 11.5 Å². The van der Waals surface area contributed by atoms with E-state index in [1.807, 2.05) is 12.1 Å². The van der Waals surface area contributed by atoms with Crippen molar-refractivity contribution in [2.75, 3.05) is 26.2 Å². The van der Waals surface area contributed by atoms with Crippen molar-refractivity contribution in [1.29, 1.82) is 0 Å². The normalized spacial score (nSPS) is 35.6. The molecule has 0 bridgehead atoms. The van der Waals surface area contributed by atoms with E-state index in [-0.39, 0.29) is 11.5 Å². The predicted octanol–water partition coefficient (Wildman–Crippen LogP) is 4.70. The fraction of sp³-hybridized carbons (Fsp3) is 0.571. The second kappa shape index (κ2) is 7.78. The molecule has 0 aromatic heterocycles. The van der Waals surface area contributed by atoms with Gasteiger partial charge in [0.15, 0.2) is 0 Å². The van der Waals surface area contributed by atoms with Gasteiger partial charge in [-0.25, -0.2) is 0 Å². The Balaban J connectivity index is 1.33. The number of phenolic OH excluding ortho intramolecular Hbond substituents is 1. The number of fused-ring (bicyclic) bond motifs is 5. The first-order valence-electron chi connectivity index (χ1n) is 12.5. The highest BCUT2D eigenvalue weighted by Gasteiger charge is 2.57. The maximum atomic E-state index is 11.0. The number of rotatable bonds is 5. The van der Waals surface area contributed by atoms with Crippen LogP contribution < -0.4 is 4.74 Å². The second-order valence-corrected chi connectivity index (χ2v) is 10.9. The van der Waals surface area contributed by atoms with Crippen LogP contribution in [0.5, 0.6) is 11.5 Å². The van der Waals surface area contributed by atoms with Crippen LogP contribution in [0, 0.1) is 17.3 Å². The first-order chi connectivity index (χ1) is 15.5. The number of hydrogen-bond donors (Lipinski definition) is 2. The van der Waals surface area contributed by atoms with E-state index in [1.54, 1.807) is 0 Å². The highest BCUT2D eigenvalue weighted by molar-refractivity contribution is 5.43. The summed E-state index contributed by atoms with van der Waals surface area (Å²) in [6.07, 6.45) is 5.09. The molecule has 6 atom stereocenters. The lowest BCUT2D eigenvalue weighted by Crippen LogP contribution is -2.47. The minimum absolute atomic E-state index is 0.00582. The van der Waals surface area contributed by atoms with Crippen LogP contribution in [0.15, 0.2) is 42.5 Å². The zero-order valence-electron chi connectivity index (χ0n) is 19.0. The van der Waals surface area contributed by atoms with Crippen molar-refractivity contribution in [1.82, 2.24) is 4.90 Å². The van der Waals surface area contributed by atoms with Crippen LogP contribution in [0.1, 0.15) is 61.1 Å². The number of ether oxygens (including phenoxy) is 1. The number of aromatic hydroxyl groups is 1. The third-order valence-corrected chi connectivity index (χ3v) is 9.19. The minimum atomic E-state index is -0.197. The Bertz CT molecular complexity index is 985. The number of aliphatic hydroxyl groups excluding tert-OH is 1. The van der Waals surface area contributed by atoms with Crippen molar-refractivity contribution >= 4 is 0 Å². The summed E-state index contributed by atoms with van der Waals surface area (Å²) < 4.78 is 5.97. The Morgan fingerprint density at radius 1 is 1.06 bits per heavy atom. The van der Waals surface area contributed by atoms with E-state index in [1.165, 1.54) is 29.8 Å². The summed E-state index contributed by atoms with van der Waals surface area (Å²) in [5.41, 5.74) is 4.09. The Labute approximate surface area is 191 Å². The lowest BCUT2D eigenvalue weighted by molar-refractivity contribution is -0.0323. The summed E-state index contributed by atoms with van der Waals surface area (Å²) in [6.45, 7) is 6.51. The molecule has 1 aliphatic heterocycles. The molecule has 0 spiro atoms. The van der Waals surface area contributed by atoms with Gasteiger partial charge >= 0.3 is 0 Å². The molecule has 2 aromatic rings. The van der Waals surface area contributed by atoms with E-state index < -0.39 is 0 Å². The maximum absolute atomic E-state index is 11.0. The molecule has 4 aliphatic rings. The van der Waals surface area contributed by atoms with Gasteiger partial charge in [-0.15, -0.1) is 0 Å². The highest BCUT2D eigenvalue weighted by Crippen LogP contribution is 2.65. The van der Waals surface area contributed by atoms with Crippen LogP contribution in [0.3, 0.4) is 0 Å². The third-order valence-electron chi connectivity index (χ3n) is 9.19. The van der Waals surface area contributed by atoms with Crippen LogP contribution in [0.2, 0.25) is 0 Å². The molecule has 6 rings (SSSR count). The number of nitrogens with zero attached hydrogens (tertiary/aromatic N) is 1. The third kappa shape index (κ3) is 3.43. The predicted molar refractivity (Wildman–Crippen MR) is 125 cm³/mol. The standard InChI is InChI=1S/C28H35NO3/c1-28-17-24(18-2-6-21(7-3-18)32-15-14-29-12-13-29)27-22-9-5-20(30)16-19(22)4-8-23(27)25(28)10-11-26(28)31/h2-3,5-7,9,16,23-27,30-31H,4,8,10-15,17H2,1H3/t23?,24-,25?,26+,27?,28+/m1/s1. The van der Waals surface area contributed by atoms with E-state index in [4.69, 9.17) is 4.74 Å². The summed E-state index contributed by atoms with van der Waals surface area (Å²) >= 11 is 0. The Morgan fingerprint density at radius 2 is 1.88 bits per heavy atom. The van der Waals surface area contributed by atoms with Crippen LogP contribution >= 0.6 is 0 Å². The number of aliphatic hydroxyl groups is 1. The van der Waals surface area contributed by atoms with Gasteiger partial charge in [0.05, 0.1) is 6.10 Å². The van der Waals surface area contributed by atoms with Crippen LogP contribution in [0.25, 0.3) is 0 Å². The van der Waals surface area contributed by atoms with Gasteiger partial charge in [0.2, 0.25) is 0 Å². The smallest absolute Gasteiger partial charge is 0.119 e. The number of phenols is 1. The molecule has 4 heteroatoms. The fourth-order valence-corrected chi connectivity index (χ4v) is 7.39. The van der Waals surface area contributed by atoms with Crippen LogP contribution in [-0.4, -0.2) is 47.5 Å². The quantitative estimate of drug-likeness (QED) is 0.672. The summed E-state index contributed by atoms with van der Waals surface area (Å²) in [4.78, 5) is 2.37. The van der Waals surface area contributed by atoms with Crippen molar-refractivity contribution in [2.45, 2.75) is 57.0 Å². The van der Waals surface area contributed by atoms with Crippen LogP contribution in [-0.2, 0) is 6.42 Å². The average Bonchev–Trinajstić information content (AvgIpc) is 3.57. The van der Waals surface area contributed by atoms with Gasteiger partial charge < -0.3 is 14.9 Å². The van der Waals surface area contributed by atoms with E-state index in [2.05, 4.69) is 42.2 Å². The number of benzene rings is 2. The van der Waals surface area contributed by atoms with Gasteiger partial charge in [-0.05, 0) is 102 Å². The molecular formula is C28H35NO3. The second-order valence-electron chi connectivity index (χ2n) is 10.9. The molecule has 32 heavy (non-hydrogen) atoms. The largest absolute Gasteiger partial charge is 0.508 e.